The zero-order valence-corrected chi connectivity index (χ0v) is 16.5. The zero-order valence-electron chi connectivity index (χ0n) is 15.7. The molecule has 1 unspecified atom stereocenters. The number of aromatic nitrogens is 2. The number of likely N-dealkylation sites (tertiary alicyclic amines) is 1. The van der Waals surface area contributed by atoms with Crippen LogP contribution in [0.2, 0.25) is 0 Å². The molecule has 1 aliphatic rings. The van der Waals surface area contributed by atoms with Crippen molar-refractivity contribution in [2.45, 2.75) is 38.8 Å². The van der Waals surface area contributed by atoms with Crippen LogP contribution in [0.5, 0.6) is 5.75 Å². The molecule has 2 heterocycles. The van der Waals surface area contributed by atoms with Gasteiger partial charge in [0.1, 0.15) is 5.75 Å². The Bertz CT molecular complexity index is 853. The number of rotatable bonds is 8. The number of piperidine rings is 1. The van der Waals surface area contributed by atoms with Gasteiger partial charge in [0.15, 0.2) is 0 Å². The number of hydrogen-bond acceptors (Lipinski definition) is 7. The standard InChI is InChI=1S/C18H26N4O4S/c1-3-25-16-10-5-4-9-15(16)18-20-17(26-21-18)13-22-11-7-6-8-14(22)12-19-27(2,23)24/h4-5,9-10,14,19H,3,6-8,11-13H2,1-2H3. The molecule has 1 aliphatic heterocycles. The molecule has 0 aliphatic carbocycles. The molecular formula is C18H26N4O4S. The lowest BCUT2D eigenvalue weighted by atomic mass is 10.0. The minimum absolute atomic E-state index is 0.125. The van der Waals surface area contributed by atoms with E-state index < -0.39 is 10.0 Å². The van der Waals surface area contributed by atoms with E-state index in [1.165, 1.54) is 6.26 Å². The van der Waals surface area contributed by atoms with Gasteiger partial charge in [-0.25, -0.2) is 13.1 Å². The molecule has 1 atom stereocenters. The lowest BCUT2D eigenvalue weighted by Gasteiger charge is -2.34. The first-order chi connectivity index (χ1) is 13.0. The van der Waals surface area contributed by atoms with E-state index in [2.05, 4.69) is 19.8 Å². The lowest BCUT2D eigenvalue weighted by Crippen LogP contribution is -2.46. The summed E-state index contributed by atoms with van der Waals surface area (Å²) in [6.07, 6.45) is 4.28. The Labute approximate surface area is 160 Å². The number of sulfonamides is 1. The summed E-state index contributed by atoms with van der Waals surface area (Å²) in [4.78, 5) is 6.72. The topological polar surface area (TPSA) is 97.6 Å². The fraction of sp³-hybridized carbons (Fsp3) is 0.556. The Kier molecular flexibility index (Phi) is 6.46. The SMILES string of the molecule is CCOc1ccccc1-c1noc(CN2CCCCC2CNS(C)(=O)=O)n1. The molecule has 3 rings (SSSR count). The van der Waals surface area contributed by atoms with E-state index in [4.69, 9.17) is 9.26 Å². The molecule has 1 saturated heterocycles. The van der Waals surface area contributed by atoms with Crippen LogP contribution in [0, 0.1) is 0 Å². The average molecular weight is 394 g/mol. The molecule has 1 N–H and O–H groups in total. The fourth-order valence-electron chi connectivity index (χ4n) is 3.28. The largest absolute Gasteiger partial charge is 0.493 e. The molecule has 0 bridgehead atoms. The van der Waals surface area contributed by atoms with Crippen LogP contribution in [0.25, 0.3) is 11.4 Å². The first-order valence-electron chi connectivity index (χ1n) is 9.19. The lowest BCUT2D eigenvalue weighted by molar-refractivity contribution is 0.125. The maximum atomic E-state index is 11.4. The van der Waals surface area contributed by atoms with E-state index in [1.54, 1.807) is 0 Å². The van der Waals surface area contributed by atoms with Gasteiger partial charge >= 0.3 is 0 Å². The maximum absolute atomic E-state index is 11.4. The van der Waals surface area contributed by atoms with Crippen molar-refractivity contribution in [2.75, 3.05) is 26.0 Å². The monoisotopic (exact) mass is 394 g/mol. The van der Waals surface area contributed by atoms with E-state index in [0.29, 0.717) is 31.4 Å². The van der Waals surface area contributed by atoms with Crippen molar-refractivity contribution in [3.8, 4) is 17.1 Å². The quantitative estimate of drug-likeness (QED) is 0.732. The number of para-hydroxylation sites is 1. The first kappa shape index (κ1) is 19.8. The minimum atomic E-state index is -3.20. The molecule has 0 saturated carbocycles. The van der Waals surface area contributed by atoms with Crippen molar-refractivity contribution < 1.29 is 17.7 Å². The second-order valence-electron chi connectivity index (χ2n) is 6.68. The predicted molar refractivity (Wildman–Crippen MR) is 102 cm³/mol. The van der Waals surface area contributed by atoms with Crippen LogP contribution in [0.3, 0.4) is 0 Å². The number of nitrogens with one attached hydrogen (secondary N) is 1. The van der Waals surface area contributed by atoms with Crippen LogP contribution in [0.1, 0.15) is 32.1 Å². The van der Waals surface area contributed by atoms with Crippen LogP contribution in [0.4, 0.5) is 0 Å². The highest BCUT2D eigenvalue weighted by atomic mass is 32.2. The Hall–Kier alpha value is -1.97. The highest BCUT2D eigenvalue weighted by molar-refractivity contribution is 7.88. The minimum Gasteiger partial charge on any atom is -0.493 e. The molecule has 0 radical (unpaired) electrons. The molecule has 27 heavy (non-hydrogen) atoms. The summed E-state index contributed by atoms with van der Waals surface area (Å²) in [7, 11) is -3.20. The van der Waals surface area contributed by atoms with Crippen molar-refractivity contribution in [1.29, 1.82) is 0 Å². The van der Waals surface area contributed by atoms with Gasteiger partial charge in [0, 0.05) is 12.6 Å². The molecule has 1 aromatic carbocycles. The van der Waals surface area contributed by atoms with E-state index >= 15 is 0 Å². The van der Waals surface area contributed by atoms with Crippen molar-refractivity contribution >= 4 is 10.0 Å². The fourth-order valence-corrected chi connectivity index (χ4v) is 3.78. The molecule has 9 heteroatoms. The summed E-state index contributed by atoms with van der Waals surface area (Å²) in [6, 6.07) is 7.72. The van der Waals surface area contributed by atoms with Gasteiger partial charge < -0.3 is 9.26 Å². The van der Waals surface area contributed by atoms with E-state index in [0.717, 1.165) is 37.1 Å². The molecule has 2 aromatic rings. The third-order valence-electron chi connectivity index (χ3n) is 4.56. The second-order valence-corrected chi connectivity index (χ2v) is 8.51. The Morgan fingerprint density at radius 2 is 2.15 bits per heavy atom. The van der Waals surface area contributed by atoms with E-state index in [-0.39, 0.29) is 6.04 Å². The van der Waals surface area contributed by atoms with Crippen LogP contribution < -0.4 is 9.46 Å². The van der Waals surface area contributed by atoms with Gasteiger partial charge in [-0.2, -0.15) is 4.98 Å². The van der Waals surface area contributed by atoms with Crippen molar-refractivity contribution in [2.24, 2.45) is 0 Å². The van der Waals surface area contributed by atoms with Crippen molar-refractivity contribution in [3.63, 3.8) is 0 Å². The highest BCUT2D eigenvalue weighted by Gasteiger charge is 2.25. The van der Waals surface area contributed by atoms with Gasteiger partial charge in [-0.15, -0.1) is 0 Å². The summed E-state index contributed by atoms with van der Waals surface area (Å²) in [5.74, 6) is 1.74. The molecule has 0 spiro atoms. The van der Waals surface area contributed by atoms with E-state index in [1.807, 2.05) is 31.2 Å². The molecule has 0 amide bonds. The summed E-state index contributed by atoms with van der Waals surface area (Å²) in [5.41, 5.74) is 0.795. The normalized spacial score (nSPS) is 18.5. The van der Waals surface area contributed by atoms with E-state index in [9.17, 15) is 8.42 Å². The second kappa shape index (κ2) is 8.81. The molecule has 8 nitrogen and oxygen atoms in total. The van der Waals surface area contributed by atoms with Crippen LogP contribution in [-0.4, -0.2) is 55.5 Å². The van der Waals surface area contributed by atoms with Crippen molar-refractivity contribution in [1.82, 2.24) is 19.8 Å². The molecule has 1 aromatic heterocycles. The van der Waals surface area contributed by atoms with Crippen LogP contribution >= 0.6 is 0 Å². The highest BCUT2D eigenvalue weighted by Crippen LogP contribution is 2.28. The third kappa shape index (κ3) is 5.50. The van der Waals surface area contributed by atoms with Gasteiger partial charge in [0.2, 0.25) is 21.7 Å². The van der Waals surface area contributed by atoms with Crippen LogP contribution in [-0.2, 0) is 16.6 Å². The van der Waals surface area contributed by atoms with Crippen molar-refractivity contribution in [3.05, 3.63) is 30.2 Å². The number of hydrogen-bond donors (Lipinski definition) is 1. The Balaban J connectivity index is 1.71. The molecule has 1 fully saturated rings. The van der Waals surface area contributed by atoms with Gasteiger partial charge in [0.05, 0.1) is 25.0 Å². The van der Waals surface area contributed by atoms with Crippen LogP contribution in [0.15, 0.2) is 28.8 Å². The predicted octanol–water partition coefficient (Wildman–Crippen LogP) is 2.04. The van der Waals surface area contributed by atoms with Gasteiger partial charge in [-0.3, -0.25) is 4.90 Å². The zero-order chi connectivity index (χ0) is 19.3. The molecular weight excluding hydrogens is 368 g/mol. The maximum Gasteiger partial charge on any atom is 0.241 e. The first-order valence-corrected chi connectivity index (χ1v) is 11.1. The smallest absolute Gasteiger partial charge is 0.241 e. The Morgan fingerprint density at radius 3 is 2.93 bits per heavy atom. The number of ether oxygens (including phenoxy) is 1. The Morgan fingerprint density at radius 1 is 1.33 bits per heavy atom. The third-order valence-corrected chi connectivity index (χ3v) is 5.26. The average Bonchev–Trinajstić information content (AvgIpc) is 3.09. The summed E-state index contributed by atoms with van der Waals surface area (Å²) in [5, 5.41) is 4.10. The summed E-state index contributed by atoms with van der Waals surface area (Å²) >= 11 is 0. The summed E-state index contributed by atoms with van der Waals surface area (Å²) < 4.78 is 36.5. The number of nitrogens with zero attached hydrogens (tertiary/aromatic N) is 3. The van der Waals surface area contributed by atoms with Gasteiger partial charge in [0.25, 0.3) is 0 Å². The summed E-state index contributed by atoms with van der Waals surface area (Å²) in [6.45, 7) is 4.26. The van der Waals surface area contributed by atoms with Gasteiger partial charge in [-0.1, -0.05) is 23.7 Å². The number of benzene rings is 1. The van der Waals surface area contributed by atoms with Gasteiger partial charge in [-0.05, 0) is 38.4 Å². The molecule has 148 valence electrons.